The van der Waals surface area contributed by atoms with Crippen molar-refractivity contribution in [2.45, 2.75) is 64.7 Å². The molecule has 0 atom stereocenters. The molecule has 2 rings (SSSR count). The van der Waals surface area contributed by atoms with E-state index >= 15 is 0 Å². The number of carbonyl (C=O) groups is 3. The van der Waals surface area contributed by atoms with Gasteiger partial charge in [0.25, 0.3) is 11.8 Å². The van der Waals surface area contributed by atoms with E-state index in [2.05, 4.69) is 0 Å². The van der Waals surface area contributed by atoms with Crippen molar-refractivity contribution in [3.63, 3.8) is 0 Å². The van der Waals surface area contributed by atoms with Crippen molar-refractivity contribution in [3.05, 3.63) is 47.2 Å². The number of allylic oxidation sites excluding steroid dienone is 1. The number of amides is 2. The fourth-order valence-corrected chi connectivity index (χ4v) is 3.45. The Hall–Kier alpha value is -2.63. The first-order valence-corrected chi connectivity index (χ1v) is 10.6. The summed E-state index contributed by atoms with van der Waals surface area (Å²) in [6.07, 6.45) is 10.9. The second-order valence-electron chi connectivity index (χ2n) is 7.55. The summed E-state index contributed by atoms with van der Waals surface area (Å²) in [7, 11) is 0. The van der Waals surface area contributed by atoms with Crippen LogP contribution in [0.3, 0.4) is 0 Å². The van der Waals surface area contributed by atoms with Gasteiger partial charge in [-0.25, -0.2) is 4.79 Å². The van der Waals surface area contributed by atoms with Crippen LogP contribution in [0.2, 0.25) is 0 Å². The minimum Gasteiger partial charge on any atom is -0.462 e. The first kappa shape index (κ1) is 22.7. The highest BCUT2D eigenvalue weighted by Gasteiger charge is 2.34. The van der Waals surface area contributed by atoms with Gasteiger partial charge < -0.3 is 10.5 Å². The van der Waals surface area contributed by atoms with Gasteiger partial charge in [-0.05, 0) is 31.9 Å². The Labute approximate surface area is 173 Å². The van der Waals surface area contributed by atoms with Gasteiger partial charge in [-0.3, -0.25) is 14.5 Å². The third-order valence-corrected chi connectivity index (χ3v) is 4.99. The Balaban J connectivity index is 1.44. The number of hydrogen-bond donors (Lipinski definition) is 1. The summed E-state index contributed by atoms with van der Waals surface area (Å²) < 4.78 is 5.06. The van der Waals surface area contributed by atoms with Crippen LogP contribution in [0.4, 0.5) is 0 Å². The van der Waals surface area contributed by atoms with Crippen LogP contribution >= 0.6 is 0 Å². The number of ether oxygens (including phenoxy) is 1. The Morgan fingerprint density at radius 3 is 1.90 bits per heavy atom. The lowest BCUT2D eigenvalue weighted by Gasteiger charge is -2.13. The average Bonchev–Trinajstić information content (AvgIpc) is 2.93. The first-order valence-electron chi connectivity index (χ1n) is 10.6. The fraction of sp³-hybridized carbons (Fsp3) is 0.522. The normalized spacial score (nSPS) is 13.7. The maximum Gasteiger partial charge on any atom is 0.332 e. The van der Waals surface area contributed by atoms with Crippen LogP contribution in [0.1, 0.15) is 85.4 Å². The van der Waals surface area contributed by atoms with Gasteiger partial charge in [-0.15, -0.1) is 0 Å². The number of imide groups is 1. The van der Waals surface area contributed by atoms with Gasteiger partial charge in [0.05, 0.1) is 17.7 Å². The lowest BCUT2D eigenvalue weighted by Crippen LogP contribution is -2.30. The third-order valence-electron chi connectivity index (χ3n) is 4.99. The molecule has 2 N–H and O–H groups in total. The lowest BCUT2D eigenvalue weighted by molar-refractivity contribution is -0.137. The van der Waals surface area contributed by atoms with Gasteiger partial charge in [0.15, 0.2) is 0 Å². The number of nitrogens with two attached hydrogens (primary N) is 1. The highest BCUT2D eigenvalue weighted by atomic mass is 16.5. The lowest BCUT2D eigenvalue weighted by atomic mass is 10.1. The molecule has 1 heterocycles. The monoisotopic (exact) mass is 400 g/mol. The van der Waals surface area contributed by atoms with E-state index in [-0.39, 0.29) is 17.8 Å². The molecule has 6 heteroatoms. The van der Waals surface area contributed by atoms with Crippen LogP contribution in [0.15, 0.2) is 36.0 Å². The first-order chi connectivity index (χ1) is 14.0. The van der Waals surface area contributed by atoms with Gasteiger partial charge >= 0.3 is 5.97 Å². The number of nitrogens with zero attached hydrogens (tertiary/aromatic N) is 1. The summed E-state index contributed by atoms with van der Waals surface area (Å²) in [5.41, 5.74) is 6.92. The molecule has 0 saturated heterocycles. The second-order valence-corrected chi connectivity index (χ2v) is 7.55. The number of carbonyl (C=O) groups excluding carboxylic acids is 3. The van der Waals surface area contributed by atoms with E-state index in [9.17, 15) is 14.4 Å². The fourth-order valence-electron chi connectivity index (χ4n) is 3.45. The van der Waals surface area contributed by atoms with Crippen LogP contribution in [-0.2, 0) is 9.53 Å². The van der Waals surface area contributed by atoms with Gasteiger partial charge in [-0.1, -0.05) is 57.1 Å². The molecule has 0 radical (unpaired) electrons. The molecule has 0 unspecified atom stereocenters. The Morgan fingerprint density at radius 2 is 1.38 bits per heavy atom. The SMILES string of the molecule is CC(N)=CC(=O)OCCCCCCCCCCCN1C(=O)c2ccccc2C1=O. The van der Waals surface area contributed by atoms with Gasteiger partial charge in [0, 0.05) is 18.3 Å². The summed E-state index contributed by atoms with van der Waals surface area (Å²) in [5, 5.41) is 0. The molecule has 2 amide bonds. The molecule has 6 nitrogen and oxygen atoms in total. The summed E-state index contributed by atoms with van der Waals surface area (Å²) in [4.78, 5) is 37.2. The number of rotatable bonds is 13. The molecule has 1 aliphatic rings. The molecule has 0 saturated carbocycles. The van der Waals surface area contributed by atoms with Crippen LogP contribution in [-0.4, -0.2) is 35.8 Å². The minimum atomic E-state index is -0.369. The maximum absolute atomic E-state index is 12.3. The van der Waals surface area contributed by atoms with Crippen LogP contribution < -0.4 is 5.73 Å². The van der Waals surface area contributed by atoms with Crippen LogP contribution in [0, 0.1) is 0 Å². The quantitative estimate of drug-likeness (QED) is 0.232. The molecular formula is C23H32N2O4. The molecule has 1 aromatic rings. The average molecular weight is 401 g/mol. The van der Waals surface area contributed by atoms with Crippen molar-refractivity contribution in [1.29, 1.82) is 0 Å². The topological polar surface area (TPSA) is 89.7 Å². The number of fused-ring (bicyclic) bond motifs is 1. The second kappa shape index (κ2) is 12.0. The standard InChI is InChI=1S/C23H32N2O4/c1-18(24)17-21(26)29-16-12-8-6-4-2-3-5-7-11-15-25-22(27)19-13-9-10-14-20(19)23(25)28/h9-10,13-14,17H,2-8,11-12,15-16,24H2,1H3. The van der Waals surface area contributed by atoms with Crippen molar-refractivity contribution < 1.29 is 19.1 Å². The van der Waals surface area contributed by atoms with Crippen LogP contribution in [0.5, 0.6) is 0 Å². The molecule has 0 fully saturated rings. The van der Waals surface area contributed by atoms with Crippen LogP contribution in [0.25, 0.3) is 0 Å². The zero-order valence-corrected chi connectivity index (χ0v) is 17.3. The van der Waals surface area contributed by atoms with E-state index in [0.29, 0.717) is 30.0 Å². The van der Waals surface area contributed by atoms with Crippen molar-refractivity contribution in [2.24, 2.45) is 5.73 Å². The summed E-state index contributed by atoms with van der Waals surface area (Å²) in [6.45, 7) is 2.61. The van der Waals surface area contributed by atoms with Gasteiger partial charge in [0.1, 0.15) is 0 Å². The molecule has 0 aliphatic carbocycles. The molecule has 1 aliphatic heterocycles. The Morgan fingerprint density at radius 1 is 0.897 bits per heavy atom. The van der Waals surface area contributed by atoms with E-state index in [0.717, 1.165) is 44.9 Å². The number of unbranched alkanes of at least 4 members (excludes halogenated alkanes) is 8. The zero-order valence-electron chi connectivity index (χ0n) is 17.3. The highest BCUT2D eigenvalue weighted by molar-refractivity contribution is 6.21. The summed E-state index contributed by atoms with van der Waals surface area (Å²) in [5.74, 6) is -0.692. The van der Waals surface area contributed by atoms with E-state index < -0.39 is 0 Å². The van der Waals surface area contributed by atoms with E-state index in [1.54, 1.807) is 31.2 Å². The molecule has 0 spiro atoms. The third kappa shape index (κ3) is 7.37. The van der Waals surface area contributed by atoms with Gasteiger partial charge in [-0.2, -0.15) is 0 Å². The zero-order chi connectivity index (χ0) is 21.1. The van der Waals surface area contributed by atoms with E-state index in [1.165, 1.54) is 23.8 Å². The van der Waals surface area contributed by atoms with Crippen molar-refractivity contribution in [3.8, 4) is 0 Å². The maximum atomic E-state index is 12.3. The summed E-state index contributed by atoms with van der Waals surface area (Å²) in [6, 6.07) is 7.02. The molecular weight excluding hydrogens is 368 g/mol. The number of benzene rings is 1. The molecule has 1 aromatic carbocycles. The largest absolute Gasteiger partial charge is 0.462 e. The van der Waals surface area contributed by atoms with E-state index in [4.69, 9.17) is 10.5 Å². The minimum absolute atomic E-state index is 0.162. The smallest absolute Gasteiger partial charge is 0.332 e. The summed E-state index contributed by atoms with van der Waals surface area (Å²) >= 11 is 0. The number of esters is 1. The Bertz CT molecular complexity index is 703. The van der Waals surface area contributed by atoms with E-state index in [1.807, 2.05) is 0 Å². The predicted octanol–water partition coefficient (Wildman–Crippen LogP) is 4.20. The number of hydrogen-bond acceptors (Lipinski definition) is 5. The molecule has 29 heavy (non-hydrogen) atoms. The van der Waals surface area contributed by atoms with Crippen molar-refractivity contribution in [2.75, 3.05) is 13.2 Å². The van der Waals surface area contributed by atoms with Gasteiger partial charge in [0.2, 0.25) is 0 Å². The Kier molecular flexibility index (Phi) is 9.41. The van der Waals surface area contributed by atoms with Crippen molar-refractivity contribution in [1.82, 2.24) is 4.90 Å². The highest BCUT2D eigenvalue weighted by Crippen LogP contribution is 2.23. The predicted molar refractivity (Wildman–Crippen MR) is 112 cm³/mol. The molecule has 0 aromatic heterocycles. The molecule has 158 valence electrons. The van der Waals surface area contributed by atoms with Crippen molar-refractivity contribution >= 4 is 17.8 Å². The molecule has 0 bridgehead atoms.